The van der Waals surface area contributed by atoms with Crippen LogP contribution in [0.3, 0.4) is 0 Å². The molecule has 0 spiro atoms. The lowest BCUT2D eigenvalue weighted by molar-refractivity contribution is 0.0921. The number of Topliss-reactive ketones (excluding diaryl/α,β-unsaturated/α-hetero) is 3. The summed E-state index contributed by atoms with van der Waals surface area (Å²) < 4.78 is 0. The van der Waals surface area contributed by atoms with Crippen molar-refractivity contribution in [2.45, 2.75) is 26.1 Å². The van der Waals surface area contributed by atoms with Gasteiger partial charge in [0.1, 0.15) is 0 Å². The average molecular weight is 339 g/mol. The van der Waals surface area contributed by atoms with Crippen molar-refractivity contribution in [1.82, 2.24) is 0 Å². The van der Waals surface area contributed by atoms with Crippen molar-refractivity contribution in [3.8, 4) is 0 Å². The standard InChI is InChI=1S/C19H17NO5/c20-15-4-10(3-14-17(24)7-18(25)19(14)15)5-16(23)11-1-2-12(8-21)13(6-11)9-22/h1-4,6,21-22H,5,7-9,20H2. The smallest absolute Gasteiger partial charge is 0.173 e. The van der Waals surface area contributed by atoms with E-state index in [4.69, 9.17) is 5.73 Å². The van der Waals surface area contributed by atoms with Gasteiger partial charge in [0.2, 0.25) is 0 Å². The van der Waals surface area contributed by atoms with Crippen LogP contribution in [0, 0.1) is 0 Å². The summed E-state index contributed by atoms with van der Waals surface area (Å²) >= 11 is 0. The molecule has 0 radical (unpaired) electrons. The van der Waals surface area contributed by atoms with Gasteiger partial charge in [0.15, 0.2) is 17.3 Å². The van der Waals surface area contributed by atoms with Crippen molar-refractivity contribution in [3.05, 3.63) is 63.7 Å². The minimum Gasteiger partial charge on any atom is -0.398 e. The van der Waals surface area contributed by atoms with E-state index < -0.39 is 0 Å². The van der Waals surface area contributed by atoms with Crippen LogP contribution in [0.2, 0.25) is 0 Å². The van der Waals surface area contributed by atoms with Gasteiger partial charge in [-0.1, -0.05) is 12.1 Å². The van der Waals surface area contributed by atoms with Crippen molar-refractivity contribution in [1.29, 1.82) is 0 Å². The molecule has 25 heavy (non-hydrogen) atoms. The van der Waals surface area contributed by atoms with Gasteiger partial charge in [-0.05, 0) is 34.9 Å². The van der Waals surface area contributed by atoms with Gasteiger partial charge in [-0.15, -0.1) is 0 Å². The number of benzene rings is 2. The molecular weight excluding hydrogens is 322 g/mol. The van der Waals surface area contributed by atoms with Gasteiger partial charge >= 0.3 is 0 Å². The molecule has 0 atom stereocenters. The highest BCUT2D eigenvalue weighted by Gasteiger charge is 2.30. The van der Waals surface area contributed by atoms with Crippen LogP contribution in [0.4, 0.5) is 5.69 Å². The second kappa shape index (κ2) is 6.58. The molecule has 0 bridgehead atoms. The molecule has 3 rings (SSSR count). The minimum atomic E-state index is -0.289. The first kappa shape index (κ1) is 17.0. The Balaban J connectivity index is 1.90. The molecule has 0 heterocycles. The molecule has 0 fully saturated rings. The Hall–Kier alpha value is -2.83. The van der Waals surface area contributed by atoms with Gasteiger partial charge in [0, 0.05) is 23.2 Å². The predicted molar refractivity (Wildman–Crippen MR) is 90.5 cm³/mol. The van der Waals surface area contributed by atoms with Gasteiger partial charge in [0.05, 0.1) is 25.2 Å². The lowest BCUT2D eigenvalue weighted by Gasteiger charge is -2.09. The van der Waals surface area contributed by atoms with Crippen LogP contribution in [0.15, 0.2) is 30.3 Å². The van der Waals surface area contributed by atoms with E-state index in [0.717, 1.165) is 0 Å². The summed E-state index contributed by atoms with van der Waals surface area (Å²) in [5, 5.41) is 18.5. The first-order valence-corrected chi connectivity index (χ1v) is 7.80. The Bertz CT molecular complexity index is 901. The molecule has 2 aromatic rings. The van der Waals surface area contributed by atoms with E-state index in [2.05, 4.69) is 0 Å². The normalized spacial score (nSPS) is 13.2. The number of fused-ring (bicyclic) bond motifs is 1. The van der Waals surface area contributed by atoms with E-state index in [1.807, 2.05) is 0 Å². The van der Waals surface area contributed by atoms with Crippen LogP contribution in [-0.2, 0) is 19.6 Å². The summed E-state index contributed by atoms with van der Waals surface area (Å²) in [7, 11) is 0. The number of aliphatic hydroxyl groups is 2. The van der Waals surface area contributed by atoms with Gasteiger partial charge in [-0.25, -0.2) is 0 Å². The number of aliphatic hydroxyl groups excluding tert-OH is 2. The van der Waals surface area contributed by atoms with Crippen LogP contribution in [0.5, 0.6) is 0 Å². The molecule has 0 saturated heterocycles. The van der Waals surface area contributed by atoms with E-state index in [9.17, 15) is 24.6 Å². The number of nitrogen functional groups attached to an aromatic ring is 1. The van der Waals surface area contributed by atoms with Crippen LogP contribution < -0.4 is 5.73 Å². The fourth-order valence-electron chi connectivity index (χ4n) is 3.08. The third-order valence-corrected chi connectivity index (χ3v) is 4.36. The summed E-state index contributed by atoms with van der Waals surface area (Å²) in [6, 6.07) is 7.81. The average Bonchev–Trinajstić information content (AvgIpc) is 2.88. The molecule has 0 amide bonds. The molecule has 2 aromatic carbocycles. The quantitative estimate of drug-likeness (QED) is 0.431. The minimum absolute atomic E-state index is 0.0162. The van der Waals surface area contributed by atoms with Gasteiger partial charge in [0.25, 0.3) is 0 Å². The topological polar surface area (TPSA) is 118 Å². The van der Waals surface area contributed by atoms with Crippen molar-refractivity contribution in [2.24, 2.45) is 0 Å². The molecule has 1 aliphatic rings. The van der Waals surface area contributed by atoms with E-state index in [-0.39, 0.29) is 60.2 Å². The first-order valence-electron chi connectivity index (χ1n) is 7.80. The van der Waals surface area contributed by atoms with E-state index in [1.165, 1.54) is 0 Å². The number of anilines is 1. The molecular formula is C19H17NO5. The second-order valence-electron chi connectivity index (χ2n) is 6.03. The van der Waals surface area contributed by atoms with Crippen LogP contribution in [-0.4, -0.2) is 27.6 Å². The zero-order valence-electron chi connectivity index (χ0n) is 13.4. The van der Waals surface area contributed by atoms with E-state index >= 15 is 0 Å². The Kier molecular flexibility index (Phi) is 4.48. The highest BCUT2D eigenvalue weighted by molar-refractivity contribution is 6.26. The van der Waals surface area contributed by atoms with Crippen molar-refractivity contribution >= 4 is 23.0 Å². The molecule has 0 saturated carbocycles. The summed E-state index contributed by atoms with van der Waals surface area (Å²) in [5.41, 5.74) is 8.61. The maximum absolute atomic E-state index is 12.5. The third kappa shape index (κ3) is 3.09. The largest absolute Gasteiger partial charge is 0.398 e. The van der Waals surface area contributed by atoms with Crippen molar-refractivity contribution in [2.75, 3.05) is 5.73 Å². The lowest BCUT2D eigenvalue weighted by Crippen LogP contribution is -2.08. The summed E-state index contributed by atoms with van der Waals surface area (Å²) in [4.78, 5) is 36.2. The molecule has 6 heteroatoms. The number of rotatable bonds is 5. The monoisotopic (exact) mass is 339 g/mol. The third-order valence-electron chi connectivity index (χ3n) is 4.36. The molecule has 128 valence electrons. The Morgan fingerprint density at radius 3 is 2.40 bits per heavy atom. The van der Waals surface area contributed by atoms with Crippen LogP contribution >= 0.6 is 0 Å². The second-order valence-corrected chi connectivity index (χ2v) is 6.03. The molecule has 4 N–H and O–H groups in total. The highest BCUT2D eigenvalue weighted by Crippen LogP contribution is 2.29. The lowest BCUT2D eigenvalue weighted by atomic mass is 9.96. The Labute approximate surface area is 143 Å². The number of ketones is 3. The van der Waals surface area contributed by atoms with Crippen LogP contribution in [0.1, 0.15) is 54.2 Å². The van der Waals surface area contributed by atoms with E-state index in [1.54, 1.807) is 30.3 Å². The predicted octanol–water partition coefficient (Wildman–Crippen LogP) is 1.45. The highest BCUT2D eigenvalue weighted by atomic mass is 16.3. The number of hydrogen-bond acceptors (Lipinski definition) is 6. The van der Waals surface area contributed by atoms with Gasteiger partial charge < -0.3 is 15.9 Å². The van der Waals surface area contributed by atoms with Crippen molar-refractivity contribution in [3.63, 3.8) is 0 Å². The fourth-order valence-corrected chi connectivity index (χ4v) is 3.08. The summed E-state index contributed by atoms with van der Waals surface area (Å²) in [6.07, 6.45) is -0.165. The number of carbonyl (C=O) groups is 3. The summed E-state index contributed by atoms with van der Waals surface area (Å²) in [6.45, 7) is -0.499. The van der Waals surface area contributed by atoms with E-state index in [0.29, 0.717) is 22.3 Å². The molecule has 0 unspecified atom stereocenters. The first-order chi connectivity index (χ1) is 11.9. The Morgan fingerprint density at radius 1 is 1.00 bits per heavy atom. The maximum Gasteiger partial charge on any atom is 0.173 e. The maximum atomic E-state index is 12.5. The van der Waals surface area contributed by atoms with Gasteiger partial charge in [-0.2, -0.15) is 0 Å². The van der Waals surface area contributed by atoms with Crippen LogP contribution in [0.25, 0.3) is 0 Å². The molecule has 6 nitrogen and oxygen atoms in total. The Morgan fingerprint density at radius 2 is 1.72 bits per heavy atom. The molecule has 1 aliphatic carbocycles. The number of nitrogens with two attached hydrogens (primary N) is 1. The number of hydrogen-bond donors (Lipinski definition) is 3. The van der Waals surface area contributed by atoms with Gasteiger partial charge in [-0.3, -0.25) is 14.4 Å². The zero-order valence-corrected chi connectivity index (χ0v) is 13.4. The SMILES string of the molecule is Nc1cc(CC(=O)c2ccc(CO)c(CO)c2)cc2c1C(=O)CC2=O. The number of carbonyl (C=O) groups excluding carboxylic acids is 3. The molecule has 0 aliphatic heterocycles. The summed E-state index contributed by atoms with van der Waals surface area (Å²) in [5.74, 6) is -0.784. The van der Waals surface area contributed by atoms with Crippen molar-refractivity contribution < 1.29 is 24.6 Å². The molecule has 0 aromatic heterocycles. The fraction of sp³-hybridized carbons (Fsp3) is 0.211. The zero-order chi connectivity index (χ0) is 18.1.